The summed E-state index contributed by atoms with van der Waals surface area (Å²) in [5.74, 6) is 0.415. The third kappa shape index (κ3) is 4.98. The highest BCUT2D eigenvalue weighted by molar-refractivity contribution is 6.08. The summed E-state index contributed by atoms with van der Waals surface area (Å²) in [6, 6.07) is 21.1. The van der Waals surface area contributed by atoms with Crippen LogP contribution in [0.15, 0.2) is 66.7 Å². The molecule has 0 bridgehead atoms. The van der Waals surface area contributed by atoms with Crippen LogP contribution >= 0.6 is 0 Å². The quantitative estimate of drug-likeness (QED) is 0.110. The maximum atomic E-state index is 12.0. The molecule has 1 fully saturated rings. The number of aryl methyl sites for hydroxylation is 1. The summed E-state index contributed by atoms with van der Waals surface area (Å²) >= 11 is 0. The number of hydrogen-bond donors (Lipinski definition) is 1. The molecule has 3 aromatic carbocycles. The van der Waals surface area contributed by atoms with Crippen LogP contribution in [0.25, 0.3) is 27.9 Å². The number of nitrogens with zero attached hydrogens (tertiary/aromatic N) is 2. The lowest BCUT2D eigenvalue weighted by atomic mass is 9.73. The molecular formula is C36H42N2O5. The number of para-hydroxylation sites is 1. The normalized spacial score (nSPS) is 21.2. The summed E-state index contributed by atoms with van der Waals surface area (Å²) < 4.78 is 19.5. The van der Waals surface area contributed by atoms with Crippen LogP contribution in [-0.4, -0.2) is 47.9 Å². The summed E-state index contributed by atoms with van der Waals surface area (Å²) in [6.07, 6.45) is 8.99. The Morgan fingerprint density at radius 1 is 1.02 bits per heavy atom. The van der Waals surface area contributed by atoms with Gasteiger partial charge in [-0.05, 0) is 73.4 Å². The maximum Gasteiger partial charge on any atom is 0.513 e. The van der Waals surface area contributed by atoms with E-state index in [2.05, 4.69) is 77.9 Å². The van der Waals surface area contributed by atoms with Gasteiger partial charge in [0, 0.05) is 52.6 Å². The average Bonchev–Trinajstić information content (AvgIpc) is 3.63. The van der Waals surface area contributed by atoms with E-state index in [1.165, 1.54) is 47.5 Å². The summed E-state index contributed by atoms with van der Waals surface area (Å²) in [5.41, 5.74) is 4.27. The Bertz CT molecular complexity index is 1660. The zero-order valence-corrected chi connectivity index (χ0v) is 25.5. The van der Waals surface area contributed by atoms with E-state index in [-0.39, 0.29) is 13.2 Å². The Hall–Kier alpha value is -3.81. The topological polar surface area (TPSA) is 73.2 Å². The van der Waals surface area contributed by atoms with Crippen LogP contribution in [-0.2, 0) is 21.4 Å². The standard InChI is InChI=1S/C36H42N2O5/c1-4-6-7-10-20-37-31-12-9-8-11-28(31)29-24-26(13-15-32(29)37)17-18-36-35(3,19-22-39)30-25-27(43-34(40)41-5-2)14-16-33(30)38(36)21-23-42-36/h8-9,11-18,24-25,39H,4-7,10,19-23H2,1-3H3. The van der Waals surface area contributed by atoms with Crippen molar-refractivity contribution in [3.05, 3.63) is 77.9 Å². The van der Waals surface area contributed by atoms with E-state index in [9.17, 15) is 9.90 Å². The van der Waals surface area contributed by atoms with Gasteiger partial charge in [0.1, 0.15) is 5.75 Å². The van der Waals surface area contributed by atoms with Gasteiger partial charge in [0.15, 0.2) is 5.72 Å². The first kappa shape index (κ1) is 29.3. The van der Waals surface area contributed by atoms with Gasteiger partial charge in [-0.25, -0.2) is 4.79 Å². The van der Waals surface area contributed by atoms with Crippen molar-refractivity contribution in [2.24, 2.45) is 0 Å². The summed E-state index contributed by atoms with van der Waals surface area (Å²) in [6.45, 7) is 8.68. The number of rotatable bonds is 11. The van der Waals surface area contributed by atoms with Crippen LogP contribution in [0.5, 0.6) is 5.75 Å². The van der Waals surface area contributed by atoms with Gasteiger partial charge in [0.25, 0.3) is 0 Å². The van der Waals surface area contributed by atoms with Gasteiger partial charge in [-0.1, -0.05) is 63.5 Å². The average molecular weight is 583 g/mol. The maximum absolute atomic E-state index is 12.0. The number of benzene rings is 3. The van der Waals surface area contributed by atoms with Crippen molar-refractivity contribution in [3.63, 3.8) is 0 Å². The molecule has 2 aliphatic heterocycles. The zero-order valence-electron chi connectivity index (χ0n) is 25.5. The molecule has 0 radical (unpaired) electrons. The van der Waals surface area contributed by atoms with Crippen LogP contribution in [0.3, 0.4) is 0 Å². The molecule has 7 heteroatoms. The Labute approximate surface area is 253 Å². The minimum absolute atomic E-state index is 0.00455. The Balaban J connectivity index is 1.37. The minimum atomic E-state index is -0.789. The van der Waals surface area contributed by atoms with Crippen LogP contribution in [0.2, 0.25) is 0 Å². The van der Waals surface area contributed by atoms with Crippen LogP contribution in [0, 0.1) is 0 Å². The zero-order chi connectivity index (χ0) is 30.0. The van der Waals surface area contributed by atoms with E-state index in [1.54, 1.807) is 13.0 Å². The van der Waals surface area contributed by atoms with Crippen molar-refractivity contribution >= 4 is 39.7 Å². The highest BCUT2D eigenvalue weighted by Crippen LogP contribution is 2.57. The van der Waals surface area contributed by atoms with Crippen LogP contribution in [0.4, 0.5) is 10.5 Å². The van der Waals surface area contributed by atoms with E-state index >= 15 is 0 Å². The molecule has 226 valence electrons. The number of hydrogen-bond acceptors (Lipinski definition) is 6. The van der Waals surface area contributed by atoms with Gasteiger partial charge in [0.05, 0.1) is 13.2 Å². The van der Waals surface area contributed by atoms with Crippen molar-refractivity contribution < 1.29 is 24.1 Å². The predicted molar refractivity (Wildman–Crippen MR) is 172 cm³/mol. The van der Waals surface area contributed by atoms with E-state index in [4.69, 9.17) is 14.2 Å². The number of aliphatic hydroxyl groups excluding tert-OH is 1. The van der Waals surface area contributed by atoms with Crippen molar-refractivity contribution in [1.82, 2.24) is 4.57 Å². The second kappa shape index (κ2) is 12.1. The molecule has 2 unspecified atom stereocenters. The number of carbonyl (C=O) groups is 1. The first-order valence-electron chi connectivity index (χ1n) is 15.7. The molecule has 7 nitrogen and oxygen atoms in total. The number of aromatic nitrogens is 1. The Kier molecular flexibility index (Phi) is 8.21. The largest absolute Gasteiger partial charge is 0.513 e. The number of fused-ring (bicyclic) bond motifs is 6. The van der Waals surface area contributed by atoms with Crippen molar-refractivity contribution in [1.29, 1.82) is 0 Å². The second-order valence-electron chi connectivity index (χ2n) is 11.8. The molecule has 2 aliphatic rings. The fraction of sp³-hybridized carbons (Fsp3) is 0.417. The van der Waals surface area contributed by atoms with Crippen molar-refractivity contribution in [3.8, 4) is 5.75 Å². The SMILES string of the molecule is CCCCCCn1c2ccccc2c2cc(C=CC34OCCN3c3ccc(OC(=O)OCC)cc3C4(C)CCO)ccc21. The van der Waals surface area contributed by atoms with E-state index in [0.717, 1.165) is 29.9 Å². The lowest BCUT2D eigenvalue weighted by molar-refractivity contribution is -0.0153. The molecule has 3 heterocycles. The molecule has 0 spiro atoms. The van der Waals surface area contributed by atoms with E-state index < -0.39 is 17.3 Å². The number of aliphatic hydroxyl groups is 1. The van der Waals surface area contributed by atoms with E-state index in [1.807, 2.05) is 12.1 Å². The van der Waals surface area contributed by atoms with Gasteiger partial charge in [-0.15, -0.1) is 0 Å². The molecule has 43 heavy (non-hydrogen) atoms. The van der Waals surface area contributed by atoms with Gasteiger partial charge < -0.3 is 28.8 Å². The molecule has 4 aromatic rings. The molecule has 0 amide bonds. The molecule has 1 aromatic heterocycles. The van der Waals surface area contributed by atoms with Crippen molar-refractivity contribution in [2.75, 3.05) is 31.3 Å². The van der Waals surface area contributed by atoms with E-state index in [0.29, 0.717) is 18.8 Å². The Morgan fingerprint density at radius 2 is 1.86 bits per heavy atom. The van der Waals surface area contributed by atoms with Gasteiger partial charge in [-0.3, -0.25) is 0 Å². The lowest BCUT2D eigenvalue weighted by Crippen LogP contribution is -2.53. The van der Waals surface area contributed by atoms with Gasteiger partial charge in [-0.2, -0.15) is 0 Å². The lowest BCUT2D eigenvalue weighted by Gasteiger charge is -2.42. The summed E-state index contributed by atoms with van der Waals surface area (Å²) in [5, 5.41) is 12.8. The third-order valence-electron chi connectivity index (χ3n) is 9.29. The Morgan fingerprint density at radius 3 is 2.67 bits per heavy atom. The fourth-order valence-corrected chi connectivity index (χ4v) is 7.17. The first-order valence-corrected chi connectivity index (χ1v) is 15.7. The second-order valence-corrected chi connectivity index (χ2v) is 11.8. The number of ether oxygens (including phenoxy) is 3. The molecule has 1 saturated heterocycles. The van der Waals surface area contributed by atoms with Crippen LogP contribution in [0.1, 0.15) is 64.0 Å². The first-order chi connectivity index (χ1) is 21.0. The predicted octanol–water partition coefficient (Wildman–Crippen LogP) is 7.81. The molecule has 0 saturated carbocycles. The highest BCUT2D eigenvalue weighted by Gasteiger charge is 2.61. The smallest absolute Gasteiger partial charge is 0.434 e. The monoisotopic (exact) mass is 582 g/mol. The fourth-order valence-electron chi connectivity index (χ4n) is 7.17. The summed E-state index contributed by atoms with van der Waals surface area (Å²) in [7, 11) is 0. The molecule has 0 aliphatic carbocycles. The van der Waals surface area contributed by atoms with Gasteiger partial charge in [0.2, 0.25) is 0 Å². The van der Waals surface area contributed by atoms with Gasteiger partial charge >= 0.3 is 6.16 Å². The highest BCUT2D eigenvalue weighted by atomic mass is 16.7. The molecular weight excluding hydrogens is 540 g/mol. The third-order valence-corrected chi connectivity index (χ3v) is 9.29. The molecule has 2 atom stereocenters. The molecule has 1 N–H and O–H groups in total. The van der Waals surface area contributed by atoms with Crippen LogP contribution < -0.4 is 9.64 Å². The minimum Gasteiger partial charge on any atom is -0.434 e. The number of carbonyl (C=O) groups excluding carboxylic acids is 1. The summed E-state index contributed by atoms with van der Waals surface area (Å²) in [4.78, 5) is 14.3. The number of anilines is 1. The molecule has 6 rings (SSSR count). The number of unbranched alkanes of at least 4 members (excludes halogenated alkanes) is 3. The van der Waals surface area contributed by atoms with Crippen molar-refractivity contribution in [2.45, 2.75) is 70.6 Å².